The molecule has 1 saturated carbocycles. The zero-order valence-corrected chi connectivity index (χ0v) is 14.8. The summed E-state index contributed by atoms with van der Waals surface area (Å²) in [4.78, 5) is 23.3. The molecular formula is C14H14Cl2O7S. The van der Waals surface area contributed by atoms with E-state index in [0.29, 0.717) is 5.56 Å². The highest BCUT2D eigenvalue weighted by Crippen LogP contribution is 2.67. The first-order valence-corrected chi connectivity index (χ1v) is 9.30. The third-order valence-corrected chi connectivity index (χ3v) is 5.62. The summed E-state index contributed by atoms with van der Waals surface area (Å²) in [5.41, 5.74) is -3.03. The van der Waals surface area contributed by atoms with Gasteiger partial charge in [-0.15, -0.1) is 0 Å². The van der Waals surface area contributed by atoms with Crippen LogP contribution in [0.1, 0.15) is 18.4 Å². The van der Waals surface area contributed by atoms with Gasteiger partial charge in [0, 0.05) is 5.41 Å². The fourth-order valence-corrected chi connectivity index (χ4v) is 3.70. The lowest BCUT2D eigenvalue weighted by Gasteiger charge is -2.21. The minimum atomic E-state index is -3.74. The number of hydrogen-bond donors (Lipinski definition) is 2. The van der Waals surface area contributed by atoms with Crippen LogP contribution in [0.25, 0.3) is 0 Å². The molecule has 0 bridgehead atoms. The van der Waals surface area contributed by atoms with E-state index >= 15 is 0 Å². The summed E-state index contributed by atoms with van der Waals surface area (Å²) in [6.45, 7) is -0.346. The van der Waals surface area contributed by atoms with E-state index in [0.717, 1.165) is 6.26 Å². The number of carboxylic acid groups (broad SMARTS) is 2. The highest BCUT2D eigenvalue weighted by atomic mass is 35.5. The predicted molar refractivity (Wildman–Crippen MR) is 85.9 cm³/mol. The average Bonchev–Trinajstić information content (AvgIpc) is 3.12. The van der Waals surface area contributed by atoms with E-state index in [9.17, 15) is 28.2 Å². The first-order valence-electron chi connectivity index (χ1n) is 6.73. The van der Waals surface area contributed by atoms with Crippen molar-refractivity contribution in [1.82, 2.24) is 0 Å². The zero-order valence-electron chi connectivity index (χ0n) is 12.5. The molecule has 132 valence electrons. The maximum Gasteiger partial charge on any atom is 0.322 e. The number of aliphatic carboxylic acids is 2. The van der Waals surface area contributed by atoms with Crippen molar-refractivity contribution in [2.24, 2.45) is 5.41 Å². The quantitative estimate of drug-likeness (QED) is 0.535. The number of halogens is 2. The van der Waals surface area contributed by atoms with Crippen molar-refractivity contribution in [3.8, 4) is 0 Å². The average molecular weight is 397 g/mol. The van der Waals surface area contributed by atoms with Crippen LogP contribution in [0.4, 0.5) is 0 Å². The molecule has 1 aromatic carbocycles. The van der Waals surface area contributed by atoms with Gasteiger partial charge in [-0.25, -0.2) is 0 Å². The lowest BCUT2D eigenvalue weighted by Crippen LogP contribution is -2.35. The van der Waals surface area contributed by atoms with Gasteiger partial charge in [0.25, 0.3) is 10.1 Å². The first kappa shape index (κ1) is 19.0. The Hall–Kier alpha value is -1.35. The van der Waals surface area contributed by atoms with E-state index in [4.69, 9.17) is 23.2 Å². The van der Waals surface area contributed by atoms with Gasteiger partial charge < -0.3 is 10.2 Å². The molecular weight excluding hydrogens is 383 g/mol. The summed E-state index contributed by atoms with van der Waals surface area (Å²) in [6, 6.07) is 4.32. The molecule has 24 heavy (non-hydrogen) atoms. The largest absolute Gasteiger partial charge is 0.480 e. The summed E-state index contributed by atoms with van der Waals surface area (Å²) < 4.78 is 26.9. The van der Waals surface area contributed by atoms with Crippen molar-refractivity contribution >= 4 is 45.3 Å². The van der Waals surface area contributed by atoms with Crippen molar-refractivity contribution in [1.29, 1.82) is 0 Å². The van der Waals surface area contributed by atoms with Crippen molar-refractivity contribution in [3.05, 3.63) is 33.8 Å². The summed E-state index contributed by atoms with van der Waals surface area (Å²) in [7, 11) is -3.74. The molecule has 0 aliphatic heterocycles. The molecule has 1 atom stereocenters. The van der Waals surface area contributed by atoms with Crippen LogP contribution in [-0.4, -0.2) is 43.4 Å². The minimum Gasteiger partial charge on any atom is -0.480 e. The maximum absolute atomic E-state index is 11.6. The second-order valence-electron chi connectivity index (χ2n) is 5.68. The standard InChI is InChI=1S/C14H14Cl2O7S/c1-24(21,22)23-5-4-13(7-14(13,11(17)18)12(19)20)8-2-3-9(15)10(16)6-8/h2-3,6H,4-5,7H2,1H3,(H,17,18)(H,19,20)/t13-/m1/s1. The molecule has 1 aliphatic carbocycles. The van der Waals surface area contributed by atoms with Crippen LogP contribution in [0, 0.1) is 5.41 Å². The Morgan fingerprint density at radius 2 is 1.79 bits per heavy atom. The number of rotatable bonds is 7. The van der Waals surface area contributed by atoms with Crippen molar-refractivity contribution in [3.63, 3.8) is 0 Å². The Balaban J connectivity index is 2.45. The molecule has 0 aromatic heterocycles. The first-order chi connectivity index (χ1) is 11.0. The fraction of sp³-hybridized carbons (Fsp3) is 0.429. The molecule has 0 radical (unpaired) electrons. The zero-order chi connectivity index (χ0) is 18.3. The molecule has 0 saturated heterocycles. The van der Waals surface area contributed by atoms with Crippen LogP contribution in [0.2, 0.25) is 10.0 Å². The Labute approximate surface area is 148 Å². The Bertz CT molecular complexity index is 791. The van der Waals surface area contributed by atoms with Crippen LogP contribution < -0.4 is 0 Å². The van der Waals surface area contributed by atoms with Crippen LogP contribution in [0.15, 0.2) is 18.2 Å². The number of carboxylic acids is 2. The second-order valence-corrected chi connectivity index (χ2v) is 8.14. The fourth-order valence-electron chi connectivity index (χ4n) is 3.02. The molecule has 0 unspecified atom stereocenters. The lowest BCUT2D eigenvalue weighted by atomic mass is 9.83. The van der Waals surface area contributed by atoms with Gasteiger partial charge in [-0.05, 0) is 30.5 Å². The summed E-state index contributed by atoms with van der Waals surface area (Å²) in [5.74, 6) is -3.00. The predicted octanol–water partition coefficient (Wildman–Crippen LogP) is 2.16. The van der Waals surface area contributed by atoms with Crippen molar-refractivity contribution in [2.45, 2.75) is 18.3 Å². The van der Waals surface area contributed by atoms with Crippen LogP contribution >= 0.6 is 23.2 Å². The maximum atomic E-state index is 11.6. The molecule has 1 aliphatic rings. The van der Waals surface area contributed by atoms with E-state index in [-0.39, 0.29) is 29.5 Å². The van der Waals surface area contributed by atoms with Gasteiger partial charge in [0.05, 0.1) is 22.9 Å². The third kappa shape index (κ3) is 3.11. The monoisotopic (exact) mass is 396 g/mol. The SMILES string of the molecule is CS(=O)(=O)OCC[C@]1(c2ccc(Cl)c(Cl)c2)CC1(C(=O)O)C(=O)O. The Morgan fingerprint density at radius 3 is 2.21 bits per heavy atom. The van der Waals surface area contributed by atoms with Crippen LogP contribution in [0.3, 0.4) is 0 Å². The van der Waals surface area contributed by atoms with Gasteiger partial charge in [0.2, 0.25) is 0 Å². The Morgan fingerprint density at radius 1 is 1.21 bits per heavy atom. The van der Waals surface area contributed by atoms with E-state index in [1.54, 1.807) is 0 Å². The molecule has 1 fully saturated rings. The molecule has 2 N–H and O–H groups in total. The normalized spacial score (nSPS) is 22.1. The topological polar surface area (TPSA) is 118 Å². The lowest BCUT2D eigenvalue weighted by molar-refractivity contribution is -0.158. The highest BCUT2D eigenvalue weighted by Gasteiger charge is 2.77. The number of benzene rings is 1. The van der Waals surface area contributed by atoms with Gasteiger partial charge in [0.1, 0.15) is 0 Å². The molecule has 2 rings (SSSR count). The van der Waals surface area contributed by atoms with E-state index < -0.39 is 32.9 Å². The summed E-state index contributed by atoms with van der Waals surface area (Å²) in [5, 5.41) is 19.3. The molecule has 10 heteroatoms. The Kier molecular flexibility index (Phi) is 4.89. The number of carbonyl (C=O) groups is 2. The highest BCUT2D eigenvalue weighted by molar-refractivity contribution is 7.85. The van der Waals surface area contributed by atoms with E-state index in [1.165, 1.54) is 18.2 Å². The van der Waals surface area contributed by atoms with Crippen molar-refractivity contribution in [2.75, 3.05) is 12.9 Å². The molecule has 7 nitrogen and oxygen atoms in total. The van der Waals surface area contributed by atoms with Gasteiger partial charge in [-0.1, -0.05) is 29.3 Å². The van der Waals surface area contributed by atoms with Crippen molar-refractivity contribution < 1.29 is 32.4 Å². The summed E-state index contributed by atoms with van der Waals surface area (Å²) in [6.07, 6.45) is 0.541. The second kappa shape index (κ2) is 6.18. The van der Waals surface area contributed by atoms with Crippen LogP contribution in [-0.2, 0) is 29.3 Å². The molecule has 1 aromatic rings. The molecule has 0 heterocycles. The van der Waals surface area contributed by atoms with Gasteiger partial charge in [-0.2, -0.15) is 8.42 Å². The van der Waals surface area contributed by atoms with Gasteiger partial charge in [-0.3, -0.25) is 13.8 Å². The van der Waals surface area contributed by atoms with Gasteiger partial charge in [0.15, 0.2) is 5.41 Å². The van der Waals surface area contributed by atoms with Crippen LogP contribution in [0.5, 0.6) is 0 Å². The van der Waals surface area contributed by atoms with E-state index in [2.05, 4.69) is 4.18 Å². The van der Waals surface area contributed by atoms with E-state index in [1.807, 2.05) is 0 Å². The molecule has 0 spiro atoms. The molecule has 0 amide bonds. The summed E-state index contributed by atoms with van der Waals surface area (Å²) >= 11 is 11.8. The number of hydrogen-bond acceptors (Lipinski definition) is 5. The third-order valence-electron chi connectivity index (χ3n) is 4.29. The smallest absolute Gasteiger partial charge is 0.322 e. The van der Waals surface area contributed by atoms with Gasteiger partial charge >= 0.3 is 11.9 Å². The minimum absolute atomic E-state index is 0.114.